The Balaban J connectivity index is 1.59. The zero-order valence-corrected chi connectivity index (χ0v) is 14.7. The smallest absolute Gasteiger partial charge is 0.255 e. The number of amides is 1. The van der Waals surface area contributed by atoms with Gasteiger partial charge in [-0.05, 0) is 43.9 Å². The largest absolute Gasteiger partial charge is 0.497 e. The number of rotatable bonds is 5. The summed E-state index contributed by atoms with van der Waals surface area (Å²) in [5.74, 6) is 0.803. The van der Waals surface area contributed by atoms with E-state index in [2.05, 4.69) is 32.5 Å². The zero-order chi connectivity index (χ0) is 17.4. The maximum absolute atomic E-state index is 12.7. The van der Waals surface area contributed by atoms with Crippen LogP contribution in [-0.4, -0.2) is 46.7 Å². The standard InChI is InChI=1S/C19H24N4O2/c1-12-16(11-20-22-12)19(24)21-17-8-9-23(14-6-7-14)18(17)13-4-3-5-15(10-13)25-2/h3-5,10-11,14,17-18H,6-9H2,1-2H3,(H,20,22)(H,21,24)/t17-,18+/m1/s1. The molecule has 2 fully saturated rings. The van der Waals surface area contributed by atoms with E-state index in [1.54, 1.807) is 13.3 Å². The molecule has 0 bridgehead atoms. The number of ether oxygens (including phenoxy) is 1. The predicted molar refractivity (Wildman–Crippen MR) is 94.7 cm³/mol. The van der Waals surface area contributed by atoms with E-state index in [0.29, 0.717) is 11.6 Å². The highest BCUT2D eigenvalue weighted by molar-refractivity contribution is 5.95. The van der Waals surface area contributed by atoms with Crippen LogP contribution in [0.4, 0.5) is 0 Å². The van der Waals surface area contributed by atoms with Crippen molar-refractivity contribution in [2.24, 2.45) is 0 Å². The van der Waals surface area contributed by atoms with Gasteiger partial charge in [0.05, 0.1) is 31.0 Å². The average molecular weight is 340 g/mol. The fourth-order valence-electron chi connectivity index (χ4n) is 3.86. The lowest BCUT2D eigenvalue weighted by atomic mass is 9.99. The molecule has 1 aliphatic heterocycles. The number of H-pyrrole nitrogens is 1. The quantitative estimate of drug-likeness (QED) is 0.877. The number of nitrogens with one attached hydrogen (secondary N) is 2. The first-order chi connectivity index (χ1) is 12.2. The van der Waals surface area contributed by atoms with Crippen LogP contribution in [0.3, 0.4) is 0 Å². The number of hydrogen-bond donors (Lipinski definition) is 2. The topological polar surface area (TPSA) is 70.2 Å². The second kappa shape index (κ2) is 6.52. The minimum Gasteiger partial charge on any atom is -0.497 e. The van der Waals surface area contributed by atoms with Crippen molar-refractivity contribution >= 4 is 5.91 Å². The van der Waals surface area contributed by atoms with Gasteiger partial charge in [-0.1, -0.05) is 12.1 Å². The van der Waals surface area contributed by atoms with Gasteiger partial charge in [0, 0.05) is 18.3 Å². The molecule has 1 saturated carbocycles. The van der Waals surface area contributed by atoms with Crippen molar-refractivity contribution in [3.8, 4) is 5.75 Å². The maximum atomic E-state index is 12.7. The van der Waals surface area contributed by atoms with E-state index in [1.807, 2.05) is 19.1 Å². The van der Waals surface area contributed by atoms with Gasteiger partial charge in [-0.2, -0.15) is 5.10 Å². The first-order valence-electron chi connectivity index (χ1n) is 8.88. The second-order valence-corrected chi connectivity index (χ2v) is 6.97. The van der Waals surface area contributed by atoms with Gasteiger partial charge in [0.1, 0.15) is 5.75 Å². The van der Waals surface area contributed by atoms with E-state index >= 15 is 0 Å². The van der Waals surface area contributed by atoms with Gasteiger partial charge in [0.15, 0.2) is 0 Å². The van der Waals surface area contributed by atoms with E-state index in [4.69, 9.17) is 4.74 Å². The Hall–Kier alpha value is -2.34. The summed E-state index contributed by atoms with van der Waals surface area (Å²) in [6.45, 7) is 2.88. The van der Waals surface area contributed by atoms with E-state index in [1.165, 1.54) is 18.4 Å². The number of carbonyl (C=O) groups excluding carboxylic acids is 1. The number of aromatic nitrogens is 2. The van der Waals surface area contributed by atoms with Gasteiger partial charge in [-0.25, -0.2) is 0 Å². The van der Waals surface area contributed by atoms with Crippen molar-refractivity contribution in [1.82, 2.24) is 20.4 Å². The molecule has 2 aliphatic rings. The van der Waals surface area contributed by atoms with Crippen LogP contribution in [0, 0.1) is 6.92 Å². The summed E-state index contributed by atoms with van der Waals surface area (Å²) in [5, 5.41) is 10.0. The fourth-order valence-corrected chi connectivity index (χ4v) is 3.86. The number of methoxy groups -OCH3 is 1. The summed E-state index contributed by atoms with van der Waals surface area (Å²) in [6, 6.07) is 9.14. The number of nitrogens with zero attached hydrogens (tertiary/aromatic N) is 2. The summed E-state index contributed by atoms with van der Waals surface area (Å²) in [6.07, 6.45) is 5.06. The summed E-state index contributed by atoms with van der Waals surface area (Å²) in [5.41, 5.74) is 2.62. The van der Waals surface area contributed by atoms with Crippen LogP contribution in [-0.2, 0) is 0 Å². The molecule has 0 unspecified atom stereocenters. The molecule has 1 aromatic heterocycles. The lowest BCUT2D eigenvalue weighted by Crippen LogP contribution is -2.40. The molecule has 25 heavy (non-hydrogen) atoms. The van der Waals surface area contributed by atoms with E-state index in [9.17, 15) is 4.79 Å². The predicted octanol–water partition coefficient (Wildman–Crippen LogP) is 2.43. The third-order valence-corrected chi connectivity index (χ3v) is 5.28. The van der Waals surface area contributed by atoms with Gasteiger partial charge in [-0.3, -0.25) is 14.8 Å². The van der Waals surface area contributed by atoms with Crippen LogP contribution in [0.2, 0.25) is 0 Å². The Bertz CT molecular complexity index is 768. The lowest BCUT2D eigenvalue weighted by Gasteiger charge is -2.29. The monoisotopic (exact) mass is 340 g/mol. The van der Waals surface area contributed by atoms with E-state index in [-0.39, 0.29) is 18.0 Å². The van der Waals surface area contributed by atoms with Gasteiger partial charge in [0.25, 0.3) is 5.91 Å². The van der Waals surface area contributed by atoms with Crippen LogP contribution in [0.1, 0.15) is 46.9 Å². The van der Waals surface area contributed by atoms with Crippen molar-refractivity contribution in [2.45, 2.75) is 44.3 Å². The SMILES string of the molecule is COc1cccc([C@H]2[C@H](NC(=O)c3cn[nH]c3C)CCN2C2CC2)c1. The zero-order valence-electron chi connectivity index (χ0n) is 14.7. The normalized spacial score (nSPS) is 23.6. The molecule has 2 N–H and O–H groups in total. The summed E-state index contributed by atoms with van der Waals surface area (Å²) < 4.78 is 5.40. The first-order valence-corrected chi connectivity index (χ1v) is 8.88. The van der Waals surface area contributed by atoms with Gasteiger partial charge < -0.3 is 10.1 Å². The first kappa shape index (κ1) is 16.1. The minimum absolute atomic E-state index is 0.0539. The van der Waals surface area contributed by atoms with Crippen molar-refractivity contribution in [2.75, 3.05) is 13.7 Å². The number of aryl methyl sites for hydroxylation is 1. The Kier molecular flexibility index (Phi) is 4.21. The number of likely N-dealkylation sites (tertiary alicyclic amines) is 1. The van der Waals surface area contributed by atoms with Crippen LogP contribution in [0.25, 0.3) is 0 Å². The fraction of sp³-hybridized carbons (Fsp3) is 0.474. The van der Waals surface area contributed by atoms with Crippen LogP contribution < -0.4 is 10.1 Å². The van der Waals surface area contributed by atoms with Crippen molar-refractivity contribution in [1.29, 1.82) is 0 Å². The molecule has 0 spiro atoms. The molecule has 132 valence electrons. The molecule has 4 rings (SSSR count). The minimum atomic E-state index is -0.0539. The maximum Gasteiger partial charge on any atom is 0.255 e. The molecule has 1 amide bonds. The van der Waals surface area contributed by atoms with E-state index < -0.39 is 0 Å². The Morgan fingerprint density at radius 3 is 2.88 bits per heavy atom. The van der Waals surface area contributed by atoms with Gasteiger partial charge in [-0.15, -0.1) is 0 Å². The molecule has 1 saturated heterocycles. The molecule has 0 radical (unpaired) electrons. The van der Waals surface area contributed by atoms with Gasteiger partial charge in [0.2, 0.25) is 0 Å². The Morgan fingerprint density at radius 2 is 2.20 bits per heavy atom. The highest BCUT2D eigenvalue weighted by Gasteiger charge is 2.43. The molecular formula is C19H24N4O2. The molecule has 2 atom stereocenters. The number of aromatic amines is 1. The molecule has 6 nitrogen and oxygen atoms in total. The summed E-state index contributed by atoms with van der Waals surface area (Å²) in [7, 11) is 1.69. The Morgan fingerprint density at radius 1 is 1.36 bits per heavy atom. The molecule has 2 heterocycles. The number of hydrogen-bond acceptors (Lipinski definition) is 4. The highest BCUT2D eigenvalue weighted by atomic mass is 16.5. The Labute approximate surface area is 147 Å². The van der Waals surface area contributed by atoms with Crippen molar-refractivity contribution in [3.63, 3.8) is 0 Å². The van der Waals surface area contributed by atoms with Crippen LogP contribution in [0.5, 0.6) is 5.75 Å². The summed E-state index contributed by atoms with van der Waals surface area (Å²) >= 11 is 0. The van der Waals surface area contributed by atoms with E-state index in [0.717, 1.165) is 24.4 Å². The second-order valence-electron chi connectivity index (χ2n) is 6.97. The average Bonchev–Trinajstić information content (AvgIpc) is 3.25. The molecule has 6 heteroatoms. The molecular weight excluding hydrogens is 316 g/mol. The number of benzene rings is 1. The van der Waals surface area contributed by atoms with Gasteiger partial charge >= 0.3 is 0 Å². The summed E-state index contributed by atoms with van der Waals surface area (Å²) in [4.78, 5) is 15.2. The van der Waals surface area contributed by atoms with Crippen LogP contribution >= 0.6 is 0 Å². The number of carbonyl (C=O) groups is 1. The molecule has 1 aliphatic carbocycles. The molecule has 2 aromatic rings. The third kappa shape index (κ3) is 3.14. The highest BCUT2D eigenvalue weighted by Crippen LogP contribution is 2.41. The molecule has 1 aromatic carbocycles. The van der Waals surface area contributed by atoms with Crippen LogP contribution in [0.15, 0.2) is 30.5 Å². The van der Waals surface area contributed by atoms with Crippen molar-refractivity contribution in [3.05, 3.63) is 47.3 Å². The lowest BCUT2D eigenvalue weighted by molar-refractivity contribution is 0.0923. The third-order valence-electron chi connectivity index (χ3n) is 5.28. The van der Waals surface area contributed by atoms with Crippen molar-refractivity contribution < 1.29 is 9.53 Å².